The first kappa shape index (κ1) is 22.3. The van der Waals surface area contributed by atoms with Crippen molar-refractivity contribution in [2.45, 2.75) is 12.5 Å². The van der Waals surface area contributed by atoms with Crippen LogP contribution >= 0.6 is 23.2 Å². The lowest BCUT2D eigenvalue weighted by atomic mass is 9.87. The van der Waals surface area contributed by atoms with E-state index in [-0.39, 0.29) is 18.6 Å². The minimum atomic E-state index is -0.267. The van der Waals surface area contributed by atoms with E-state index in [1.54, 1.807) is 32.4 Å². The summed E-state index contributed by atoms with van der Waals surface area (Å²) in [7, 11) is 3.23. The van der Waals surface area contributed by atoms with Gasteiger partial charge < -0.3 is 19.1 Å². The van der Waals surface area contributed by atoms with Crippen LogP contribution in [0.1, 0.15) is 22.7 Å². The van der Waals surface area contributed by atoms with Crippen LogP contribution in [0.5, 0.6) is 17.2 Å². The number of hydrogen-bond donors (Lipinski definition) is 0. The summed E-state index contributed by atoms with van der Waals surface area (Å²) in [6, 6.07) is 18.6. The normalized spacial score (nSPS) is 15.1. The van der Waals surface area contributed by atoms with E-state index in [4.69, 9.17) is 37.4 Å². The Bertz CT molecular complexity index is 1120. The molecule has 3 aromatic carbocycles. The molecular formula is C25H23Cl2NO4. The molecule has 5 nitrogen and oxygen atoms in total. The summed E-state index contributed by atoms with van der Waals surface area (Å²) in [6.07, 6.45) is 0.701. The third-order valence-electron chi connectivity index (χ3n) is 5.55. The molecule has 0 saturated carbocycles. The average Bonchev–Trinajstić information content (AvgIpc) is 2.82. The number of methoxy groups -OCH3 is 2. The molecule has 0 fully saturated rings. The minimum Gasteiger partial charge on any atom is -0.493 e. The Morgan fingerprint density at radius 2 is 1.69 bits per heavy atom. The van der Waals surface area contributed by atoms with Crippen molar-refractivity contribution in [1.82, 2.24) is 4.90 Å². The first-order valence-corrected chi connectivity index (χ1v) is 10.9. The fourth-order valence-corrected chi connectivity index (χ4v) is 4.49. The first-order chi connectivity index (χ1) is 15.5. The van der Waals surface area contributed by atoms with Gasteiger partial charge in [0.15, 0.2) is 18.1 Å². The molecule has 166 valence electrons. The molecule has 1 unspecified atom stereocenters. The molecule has 1 aliphatic rings. The minimum absolute atomic E-state index is 0.132. The van der Waals surface area contributed by atoms with Gasteiger partial charge in [-0.3, -0.25) is 4.79 Å². The van der Waals surface area contributed by atoms with Crippen LogP contribution in [0.15, 0.2) is 60.7 Å². The van der Waals surface area contributed by atoms with Gasteiger partial charge in [0.25, 0.3) is 5.91 Å². The molecule has 0 spiro atoms. The van der Waals surface area contributed by atoms with Crippen molar-refractivity contribution in [3.8, 4) is 17.2 Å². The van der Waals surface area contributed by atoms with Gasteiger partial charge in [-0.25, -0.2) is 0 Å². The summed E-state index contributed by atoms with van der Waals surface area (Å²) in [5, 5.41) is 0.876. The zero-order chi connectivity index (χ0) is 22.7. The van der Waals surface area contributed by atoms with Gasteiger partial charge in [0, 0.05) is 11.6 Å². The fraction of sp³-hybridized carbons (Fsp3) is 0.240. The van der Waals surface area contributed by atoms with Gasteiger partial charge in [-0.15, -0.1) is 0 Å². The number of halogens is 2. The number of benzene rings is 3. The van der Waals surface area contributed by atoms with Crippen LogP contribution in [0.3, 0.4) is 0 Å². The number of carbonyl (C=O) groups excluding carboxylic acids is 1. The van der Waals surface area contributed by atoms with Crippen LogP contribution in [0.2, 0.25) is 10.0 Å². The summed E-state index contributed by atoms with van der Waals surface area (Å²) in [6.45, 7) is 0.423. The van der Waals surface area contributed by atoms with Crippen molar-refractivity contribution in [2.24, 2.45) is 0 Å². The van der Waals surface area contributed by atoms with Crippen LogP contribution in [0, 0.1) is 0 Å². The van der Waals surface area contributed by atoms with Crippen molar-refractivity contribution in [1.29, 1.82) is 0 Å². The smallest absolute Gasteiger partial charge is 0.261 e. The predicted molar refractivity (Wildman–Crippen MR) is 125 cm³/mol. The third kappa shape index (κ3) is 4.50. The first-order valence-electron chi connectivity index (χ1n) is 10.2. The fourth-order valence-electron chi connectivity index (χ4n) is 4.02. The Hall–Kier alpha value is -2.89. The Morgan fingerprint density at radius 3 is 2.38 bits per heavy atom. The summed E-state index contributed by atoms with van der Waals surface area (Å²) < 4.78 is 16.7. The highest BCUT2D eigenvalue weighted by Gasteiger charge is 2.33. The Morgan fingerprint density at radius 1 is 0.969 bits per heavy atom. The van der Waals surface area contributed by atoms with E-state index in [1.807, 2.05) is 47.4 Å². The Balaban J connectivity index is 1.66. The van der Waals surface area contributed by atoms with E-state index in [2.05, 4.69) is 0 Å². The number of nitrogens with zero attached hydrogens (tertiary/aromatic N) is 1. The van der Waals surface area contributed by atoms with Gasteiger partial charge in [0.05, 0.1) is 25.3 Å². The molecule has 0 radical (unpaired) electrons. The molecule has 0 bridgehead atoms. The highest BCUT2D eigenvalue weighted by molar-refractivity contribution is 6.35. The molecule has 32 heavy (non-hydrogen) atoms. The molecular weight excluding hydrogens is 449 g/mol. The van der Waals surface area contributed by atoms with Gasteiger partial charge in [-0.2, -0.15) is 0 Å². The van der Waals surface area contributed by atoms with E-state index in [1.165, 1.54) is 0 Å². The third-order valence-corrected chi connectivity index (χ3v) is 6.08. The summed E-state index contributed by atoms with van der Waals surface area (Å²) in [5.41, 5.74) is 3.15. The highest BCUT2D eigenvalue weighted by Crippen LogP contribution is 2.41. The molecule has 1 amide bonds. The molecule has 0 aromatic heterocycles. The van der Waals surface area contributed by atoms with E-state index in [0.29, 0.717) is 40.3 Å². The van der Waals surface area contributed by atoms with Crippen molar-refractivity contribution in [3.63, 3.8) is 0 Å². The molecule has 3 aromatic rings. The van der Waals surface area contributed by atoms with Crippen LogP contribution < -0.4 is 14.2 Å². The molecule has 0 saturated heterocycles. The maximum absolute atomic E-state index is 13.3. The van der Waals surface area contributed by atoms with Crippen molar-refractivity contribution >= 4 is 29.1 Å². The second-order valence-corrected chi connectivity index (χ2v) is 8.26. The maximum Gasteiger partial charge on any atom is 0.261 e. The molecule has 7 heteroatoms. The molecule has 0 aliphatic carbocycles. The zero-order valence-corrected chi connectivity index (χ0v) is 19.3. The summed E-state index contributed by atoms with van der Waals surface area (Å²) in [4.78, 5) is 15.1. The van der Waals surface area contributed by atoms with E-state index >= 15 is 0 Å². The Labute approximate surface area is 197 Å². The number of amides is 1. The largest absolute Gasteiger partial charge is 0.493 e. The number of fused-ring (bicyclic) bond motifs is 1. The number of carbonyl (C=O) groups is 1. The van der Waals surface area contributed by atoms with Gasteiger partial charge in [-0.1, -0.05) is 53.5 Å². The van der Waals surface area contributed by atoms with Crippen LogP contribution in [0.4, 0.5) is 0 Å². The van der Waals surface area contributed by atoms with Gasteiger partial charge in [0.1, 0.15) is 5.75 Å². The molecule has 1 heterocycles. The van der Waals surface area contributed by atoms with E-state index in [0.717, 1.165) is 16.7 Å². The van der Waals surface area contributed by atoms with Crippen LogP contribution in [0.25, 0.3) is 0 Å². The highest BCUT2D eigenvalue weighted by atomic mass is 35.5. The second-order valence-electron chi connectivity index (χ2n) is 7.42. The van der Waals surface area contributed by atoms with Gasteiger partial charge in [0.2, 0.25) is 0 Å². The zero-order valence-electron chi connectivity index (χ0n) is 17.8. The molecule has 0 N–H and O–H groups in total. The maximum atomic E-state index is 13.3. The quantitative estimate of drug-likeness (QED) is 0.471. The Kier molecular flexibility index (Phi) is 6.77. The van der Waals surface area contributed by atoms with Crippen molar-refractivity contribution in [2.75, 3.05) is 27.4 Å². The lowest BCUT2D eigenvalue weighted by Crippen LogP contribution is -2.43. The molecule has 1 aliphatic heterocycles. The van der Waals surface area contributed by atoms with Gasteiger partial charge in [-0.05, 0) is 53.4 Å². The van der Waals surface area contributed by atoms with Crippen LogP contribution in [-0.4, -0.2) is 38.2 Å². The molecule has 1 atom stereocenters. The predicted octanol–water partition coefficient (Wildman–Crippen LogP) is 5.56. The summed E-state index contributed by atoms with van der Waals surface area (Å²) in [5.74, 6) is 1.60. The van der Waals surface area contributed by atoms with E-state index < -0.39 is 0 Å². The molecule has 4 rings (SSSR count). The van der Waals surface area contributed by atoms with Crippen LogP contribution in [-0.2, 0) is 11.2 Å². The number of hydrogen-bond acceptors (Lipinski definition) is 4. The number of rotatable bonds is 6. The SMILES string of the molecule is COc1cc2c(cc1OC)C(c1ccccc1)N(C(=O)COc1ccc(Cl)cc1Cl)CC2. The van der Waals surface area contributed by atoms with E-state index in [9.17, 15) is 4.79 Å². The van der Waals surface area contributed by atoms with Crippen molar-refractivity contribution < 1.29 is 19.0 Å². The average molecular weight is 472 g/mol. The lowest BCUT2D eigenvalue weighted by Gasteiger charge is -2.38. The van der Waals surface area contributed by atoms with Crippen molar-refractivity contribution in [3.05, 3.63) is 87.4 Å². The number of ether oxygens (including phenoxy) is 3. The summed E-state index contributed by atoms with van der Waals surface area (Å²) >= 11 is 12.1. The standard InChI is InChI=1S/C25H23Cl2NO4/c1-30-22-12-17-10-11-28(24(29)15-32-21-9-8-18(26)13-20(21)27)25(16-6-4-3-5-7-16)19(17)14-23(22)31-2/h3-9,12-14,25H,10-11,15H2,1-2H3. The topological polar surface area (TPSA) is 48.0 Å². The monoisotopic (exact) mass is 471 g/mol. The van der Waals surface area contributed by atoms with Gasteiger partial charge >= 0.3 is 0 Å². The second kappa shape index (κ2) is 9.72. The lowest BCUT2D eigenvalue weighted by molar-refractivity contribution is -0.135.